The summed E-state index contributed by atoms with van der Waals surface area (Å²) in [6.07, 6.45) is 1.66. The highest BCUT2D eigenvalue weighted by Gasteiger charge is 2.26. The smallest absolute Gasteiger partial charge is 0.407 e. The minimum atomic E-state index is -1.00. The van der Waals surface area contributed by atoms with Gasteiger partial charge in [-0.25, -0.2) is 4.79 Å². The Hall–Kier alpha value is -1.74. The fourth-order valence-electron chi connectivity index (χ4n) is 2.49. The maximum atomic E-state index is 12.1. The van der Waals surface area contributed by atoms with E-state index in [2.05, 4.69) is 16.7 Å². The van der Waals surface area contributed by atoms with Crippen molar-refractivity contribution in [2.45, 2.75) is 45.6 Å². The third-order valence-electron chi connectivity index (χ3n) is 3.96. The number of carbonyl (C=O) groups excluding carboxylic acids is 1. The van der Waals surface area contributed by atoms with Gasteiger partial charge in [0.1, 0.15) is 0 Å². The molecular weight excluding hydrogens is 294 g/mol. The zero-order valence-electron chi connectivity index (χ0n) is 14.8. The van der Waals surface area contributed by atoms with Gasteiger partial charge >= 0.3 is 6.09 Å². The summed E-state index contributed by atoms with van der Waals surface area (Å²) in [5, 5.41) is 9.21. The normalized spacial score (nSPS) is 15.0. The summed E-state index contributed by atoms with van der Waals surface area (Å²) in [5.41, 5.74) is -0.514. The summed E-state index contributed by atoms with van der Waals surface area (Å²) in [6, 6.07) is 0. The van der Waals surface area contributed by atoms with E-state index in [-0.39, 0.29) is 18.9 Å². The Morgan fingerprint density at radius 3 is 2.30 bits per heavy atom. The van der Waals surface area contributed by atoms with Crippen LogP contribution in [0.15, 0.2) is 0 Å². The van der Waals surface area contributed by atoms with Crippen LogP contribution in [0.1, 0.15) is 40.0 Å². The van der Waals surface area contributed by atoms with Gasteiger partial charge in [-0.05, 0) is 46.7 Å². The number of nitrogens with zero attached hydrogens (tertiary/aromatic N) is 3. The predicted octanol–water partition coefficient (Wildman–Crippen LogP) is 1.71. The second-order valence-electron chi connectivity index (χ2n) is 6.94. The van der Waals surface area contributed by atoms with E-state index in [1.807, 2.05) is 20.8 Å². The minimum Gasteiger partial charge on any atom is -0.465 e. The Morgan fingerprint density at radius 1 is 1.17 bits per heavy atom. The van der Waals surface area contributed by atoms with Crippen LogP contribution >= 0.6 is 0 Å². The highest BCUT2D eigenvalue weighted by molar-refractivity contribution is 5.77. The van der Waals surface area contributed by atoms with Crippen molar-refractivity contribution in [2.24, 2.45) is 0 Å². The fraction of sp³-hybridized carbons (Fsp3) is 0.765. The van der Waals surface area contributed by atoms with Crippen LogP contribution in [-0.4, -0.2) is 77.1 Å². The van der Waals surface area contributed by atoms with Crippen molar-refractivity contribution in [2.75, 3.05) is 39.8 Å². The van der Waals surface area contributed by atoms with Crippen LogP contribution < -0.4 is 0 Å². The lowest BCUT2D eigenvalue weighted by molar-refractivity contribution is -0.129. The Morgan fingerprint density at radius 2 is 1.78 bits per heavy atom. The van der Waals surface area contributed by atoms with E-state index in [1.165, 1.54) is 17.7 Å². The highest BCUT2D eigenvalue weighted by Crippen LogP contribution is 2.14. The van der Waals surface area contributed by atoms with E-state index in [0.717, 1.165) is 19.6 Å². The Kier molecular flexibility index (Phi) is 7.37. The molecule has 0 spiro atoms. The molecule has 1 saturated heterocycles. The van der Waals surface area contributed by atoms with E-state index in [0.29, 0.717) is 6.54 Å². The molecule has 0 aromatic carbocycles. The molecule has 0 unspecified atom stereocenters. The second kappa shape index (κ2) is 8.78. The Balaban J connectivity index is 2.35. The van der Waals surface area contributed by atoms with Gasteiger partial charge in [-0.1, -0.05) is 11.8 Å². The van der Waals surface area contributed by atoms with Crippen LogP contribution in [0.2, 0.25) is 0 Å². The molecule has 130 valence electrons. The van der Waals surface area contributed by atoms with Gasteiger partial charge in [0.15, 0.2) is 0 Å². The Bertz CT molecular complexity index is 468. The zero-order chi connectivity index (χ0) is 17.5. The summed E-state index contributed by atoms with van der Waals surface area (Å²) in [4.78, 5) is 28.5. The number of rotatable bonds is 5. The van der Waals surface area contributed by atoms with Crippen molar-refractivity contribution in [3.63, 3.8) is 0 Å². The number of carboxylic acid groups (broad SMARTS) is 1. The molecule has 1 aliphatic rings. The molecule has 1 rings (SSSR count). The predicted molar refractivity (Wildman–Crippen MR) is 90.2 cm³/mol. The maximum absolute atomic E-state index is 12.1. The SMILES string of the molecule is CN(CC#CCN1CCCC1)C(=O)CCN(C(=O)O)C(C)(C)C. The maximum Gasteiger partial charge on any atom is 0.407 e. The van der Waals surface area contributed by atoms with Crippen molar-refractivity contribution < 1.29 is 14.7 Å². The Labute approximate surface area is 139 Å². The molecule has 23 heavy (non-hydrogen) atoms. The topological polar surface area (TPSA) is 64.1 Å². The average Bonchev–Trinajstić information content (AvgIpc) is 2.94. The van der Waals surface area contributed by atoms with Gasteiger partial charge in [-0.15, -0.1) is 0 Å². The molecular formula is C17H29N3O3. The molecule has 6 nitrogen and oxygen atoms in total. The van der Waals surface area contributed by atoms with Crippen molar-refractivity contribution in [3.8, 4) is 11.8 Å². The first-order valence-electron chi connectivity index (χ1n) is 8.14. The molecule has 2 amide bonds. The molecule has 0 aliphatic carbocycles. The van der Waals surface area contributed by atoms with Crippen LogP contribution in [0, 0.1) is 11.8 Å². The summed E-state index contributed by atoms with van der Waals surface area (Å²) in [5.74, 6) is 6.03. The lowest BCUT2D eigenvalue weighted by atomic mass is 10.1. The average molecular weight is 323 g/mol. The fourth-order valence-corrected chi connectivity index (χ4v) is 2.49. The number of amides is 2. The molecule has 0 saturated carbocycles. The number of hydrogen-bond acceptors (Lipinski definition) is 3. The van der Waals surface area contributed by atoms with Gasteiger partial charge in [-0.3, -0.25) is 9.69 Å². The van der Waals surface area contributed by atoms with Gasteiger partial charge < -0.3 is 14.9 Å². The van der Waals surface area contributed by atoms with Crippen LogP contribution in [0.4, 0.5) is 4.79 Å². The van der Waals surface area contributed by atoms with E-state index in [1.54, 1.807) is 11.9 Å². The van der Waals surface area contributed by atoms with Crippen LogP contribution in [0.25, 0.3) is 0 Å². The molecule has 0 radical (unpaired) electrons. The second-order valence-corrected chi connectivity index (χ2v) is 6.94. The summed E-state index contributed by atoms with van der Waals surface area (Å²) in [6.45, 7) is 9.03. The van der Waals surface area contributed by atoms with E-state index in [9.17, 15) is 14.7 Å². The molecule has 0 aromatic rings. The van der Waals surface area contributed by atoms with Gasteiger partial charge in [0, 0.05) is 25.6 Å². The zero-order valence-corrected chi connectivity index (χ0v) is 14.8. The van der Waals surface area contributed by atoms with Gasteiger partial charge in [0.05, 0.1) is 13.1 Å². The standard InChI is InChI=1S/C17H29N3O3/c1-17(2,3)20(16(22)23)14-9-15(21)18(4)10-5-6-11-19-12-7-8-13-19/h7-14H2,1-4H3,(H,22,23). The molecule has 0 atom stereocenters. The van der Waals surface area contributed by atoms with Crippen LogP contribution in [0.5, 0.6) is 0 Å². The third kappa shape index (κ3) is 6.91. The molecule has 1 aliphatic heterocycles. The quantitative estimate of drug-likeness (QED) is 0.782. The summed E-state index contributed by atoms with van der Waals surface area (Å²) in [7, 11) is 1.70. The van der Waals surface area contributed by atoms with E-state index >= 15 is 0 Å². The minimum absolute atomic E-state index is 0.0871. The summed E-state index contributed by atoms with van der Waals surface area (Å²) < 4.78 is 0. The van der Waals surface area contributed by atoms with Crippen molar-refractivity contribution in [1.82, 2.24) is 14.7 Å². The van der Waals surface area contributed by atoms with Gasteiger partial charge in [0.2, 0.25) is 5.91 Å². The van der Waals surface area contributed by atoms with Crippen molar-refractivity contribution in [1.29, 1.82) is 0 Å². The lowest BCUT2D eigenvalue weighted by Crippen LogP contribution is -2.46. The van der Waals surface area contributed by atoms with Crippen LogP contribution in [0.3, 0.4) is 0 Å². The largest absolute Gasteiger partial charge is 0.465 e. The molecule has 6 heteroatoms. The van der Waals surface area contributed by atoms with E-state index in [4.69, 9.17) is 0 Å². The van der Waals surface area contributed by atoms with Gasteiger partial charge in [-0.2, -0.15) is 0 Å². The first-order valence-corrected chi connectivity index (χ1v) is 8.14. The number of likely N-dealkylation sites (tertiary alicyclic amines) is 1. The number of hydrogen-bond donors (Lipinski definition) is 1. The molecule has 1 heterocycles. The van der Waals surface area contributed by atoms with Crippen molar-refractivity contribution >= 4 is 12.0 Å². The highest BCUT2D eigenvalue weighted by atomic mass is 16.4. The van der Waals surface area contributed by atoms with Gasteiger partial charge in [0.25, 0.3) is 0 Å². The molecule has 1 N–H and O–H groups in total. The van der Waals surface area contributed by atoms with Crippen molar-refractivity contribution in [3.05, 3.63) is 0 Å². The molecule has 1 fully saturated rings. The number of carbonyl (C=O) groups is 2. The summed E-state index contributed by atoms with van der Waals surface area (Å²) >= 11 is 0. The lowest BCUT2D eigenvalue weighted by Gasteiger charge is -2.33. The monoisotopic (exact) mass is 323 g/mol. The first kappa shape index (κ1) is 19.3. The van der Waals surface area contributed by atoms with Crippen LogP contribution in [-0.2, 0) is 4.79 Å². The van der Waals surface area contributed by atoms with E-state index < -0.39 is 11.6 Å². The third-order valence-corrected chi connectivity index (χ3v) is 3.96. The first-order chi connectivity index (χ1) is 10.7. The molecule has 0 aromatic heterocycles. The molecule has 0 bridgehead atoms.